The zero-order valence-electron chi connectivity index (χ0n) is 5.85. The Labute approximate surface area is 60.1 Å². The summed E-state index contributed by atoms with van der Waals surface area (Å²) in [5, 5.41) is 9.88. The van der Waals surface area contributed by atoms with Gasteiger partial charge in [-0.1, -0.05) is 0 Å². The lowest BCUT2D eigenvalue weighted by molar-refractivity contribution is 0.463. The number of nitrogens with one attached hydrogen (secondary N) is 3. The van der Waals surface area contributed by atoms with Crippen molar-refractivity contribution in [3.05, 3.63) is 0 Å². The van der Waals surface area contributed by atoms with E-state index in [1.54, 1.807) is 0 Å². The van der Waals surface area contributed by atoms with Gasteiger partial charge in [0.05, 0.1) is 6.54 Å². The highest BCUT2D eigenvalue weighted by Crippen LogP contribution is 1.92. The molecule has 1 unspecified atom stereocenters. The maximum absolute atomic E-state index is 4.33. The first-order chi connectivity index (χ1) is 4.97. The molecule has 1 saturated heterocycles. The van der Waals surface area contributed by atoms with E-state index in [4.69, 9.17) is 0 Å². The molecule has 0 saturated carbocycles. The fourth-order valence-electron chi connectivity index (χ4n) is 1.31. The number of rotatable bonds is 0. The molecule has 0 aromatic carbocycles. The van der Waals surface area contributed by atoms with Gasteiger partial charge < -0.3 is 5.32 Å². The molecule has 1 atom stereocenters. The Bertz CT molecular complexity index is 154. The average Bonchev–Trinajstić information content (AvgIpc) is 2.05. The van der Waals surface area contributed by atoms with Gasteiger partial charge in [0.2, 0.25) is 0 Å². The number of hydrogen-bond donors (Lipinski definition) is 3. The largest absolute Gasteiger partial charge is 0.370 e. The van der Waals surface area contributed by atoms with Gasteiger partial charge in [-0.2, -0.15) is 0 Å². The lowest BCUT2D eigenvalue weighted by atomic mass is 10.3. The van der Waals surface area contributed by atoms with Crippen LogP contribution in [0.5, 0.6) is 0 Å². The van der Waals surface area contributed by atoms with Crippen LogP contribution in [-0.4, -0.2) is 38.2 Å². The molecular formula is C6H12N4. The van der Waals surface area contributed by atoms with Gasteiger partial charge in [0.25, 0.3) is 0 Å². The maximum Gasteiger partial charge on any atom is 0.129 e. The summed E-state index contributed by atoms with van der Waals surface area (Å²) in [4.78, 5) is 4.33. The summed E-state index contributed by atoms with van der Waals surface area (Å²) >= 11 is 0. The van der Waals surface area contributed by atoms with Gasteiger partial charge in [0.1, 0.15) is 12.0 Å². The Kier molecular flexibility index (Phi) is 1.56. The molecule has 56 valence electrons. The molecule has 0 spiro atoms. The maximum atomic E-state index is 4.33. The van der Waals surface area contributed by atoms with Crippen LogP contribution < -0.4 is 16.0 Å². The first-order valence-corrected chi connectivity index (χ1v) is 3.72. The van der Waals surface area contributed by atoms with Crippen LogP contribution in [0.25, 0.3) is 0 Å². The van der Waals surface area contributed by atoms with Crippen molar-refractivity contribution in [2.24, 2.45) is 4.99 Å². The van der Waals surface area contributed by atoms with Crippen molar-refractivity contribution in [2.75, 3.05) is 26.2 Å². The molecule has 4 heteroatoms. The molecule has 0 aromatic rings. The van der Waals surface area contributed by atoms with Gasteiger partial charge >= 0.3 is 0 Å². The molecule has 2 aliphatic heterocycles. The molecule has 10 heavy (non-hydrogen) atoms. The lowest BCUT2D eigenvalue weighted by Gasteiger charge is -2.30. The van der Waals surface area contributed by atoms with Crippen molar-refractivity contribution in [3.63, 3.8) is 0 Å². The number of piperazine rings is 1. The predicted octanol–water partition coefficient (Wildman–Crippen LogP) is -1.49. The zero-order chi connectivity index (χ0) is 6.81. The van der Waals surface area contributed by atoms with E-state index in [0.717, 1.165) is 32.0 Å². The van der Waals surface area contributed by atoms with Crippen molar-refractivity contribution in [3.8, 4) is 0 Å². The molecule has 0 bridgehead atoms. The average molecular weight is 140 g/mol. The summed E-state index contributed by atoms with van der Waals surface area (Å²) in [6.45, 7) is 3.91. The normalized spacial score (nSPS) is 32.0. The van der Waals surface area contributed by atoms with E-state index in [0.29, 0.717) is 6.17 Å². The minimum absolute atomic E-state index is 0.294. The first-order valence-electron chi connectivity index (χ1n) is 3.72. The van der Waals surface area contributed by atoms with Crippen LogP contribution in [0.4, 0.5) is 0 Å². The quantitative estimate of drug-likeness (QED) is 0.384. The topological polar surface area (TPSA) is 48.4 Å². The van der Waals surface area contributed by atoms with Crippen LogP contribution in [0.15, 0.2) is 4.99 Å². The smallest absolute Gasteiger partial charge is 0.129 e. The molecule has 2 heterocycles. The van der Waals surface area contributed by atoms with E-state index in [1.165, 1.54) is 0 Å². The van der Waals surface area contributed by atoms with Gasteiger partial charge in [-0.3, -0.25) is 15.6 Å². The van der Waals surface area contributed by atoms with E-state index in [2.05, 4.69) is 20.9 Å². The highest BCUT2D eigenvalue weighted by Gasteiger charge is 2.20. The summed E-state index contributed by atoms with van der Waals surface area (Å²) in [5.74, 6) is 1.08. The fraction of sp³-hybridized carbons (Fsp3) is 0.833. The van der Waals surface area contributed by atoms with Crippen LogP contribution in [0.2, 0.25) is 0 Å². The Balaban J connectivity index is 2.08. The minimum Gasteiger partial charge on any atom is -0.370 e. The second-order valence-corrected chi connectivity index (χ2v) is 2.53. The fourth-order valence-corrected chi connectivity index (χ4v) is 1.31. The summed E-state index contributed by atoms with van der Waals surface area (Å²) in [6.07, 6.45) is 0.294. The van der Waals surface area contributed by atoms with Crippen LogP contribution in [0.1, 0.15) is 0 Å². The number of hydrogen-bond acceptors (Lipinski definition) is 4. The Hall–Kier alpha value is -0.610. The van der Waals surface area contributed by atoms with Gasteiger partial charge in [-0.05, 0) is 0 Å². The van der Waals surface area contributed by atoms with Gasteiger partial charge in [0.15, 0.2) is 0 Å². The third kappa shape index (κ3) is 0.998. The third-order valence-electron chi connectivity index (χ3n) is 1.80. The number of nitrogens with zero attached hydrogens (tertiary/aromatic N) is 1. The Morgan fingerprint density at radius 3 is 3.00 bits per heavy atom. The van der Waals surface area contributed by atoms with Crippen LogP contribution in [-0.2, 0) is 0 Å². The van der Waals surface area contributed by atoms with Crippen molar-refractivity contribution in [1.29, 1.82) is 0 Å². The summed E-state index contributed by atoms with van der Waals surface area (Å²) in [7, 11) is 0. The van der Waals surface area contributed by atoms with Crippen LogP contribution >= 0.6 is 0 Å². The molecule has 0 amide bonds. The lowest BCUT2D eigenvalue weighted by Crippen LogP contribution is -2.61. The Morgan fingerprint density at radius 1 is 1.20 bits per heavy atom. The zero-order valence-corrected chi connectivity index (χ0v) is 5.85. The van der Waals surface area contributed by atoms with Gasteiger partial charge in [-0.25, -0.2) is 0 Å². The highest BCUT2D eigenvalue weighted by atomic mass is 15.3. The van der Waals surface area contributed by atoms with E-state index in [-0.39, 0.29) is 0 Å². The molecule has 1 fully saturated rings. The van der Waals surface area contributed by atoms with Crippen LogP contribution in [0, 0.1) is 0 Å². The highest BCUT2D eigenvalue weighted by molar-refractivity contribution is 5.88. The van der Waals surface area contributed by atoms with Crippen LogP contribution in [0.3, 0.4) is 0 Å². The predicted molar refractivity (Wildman–Crippen MR) is 40.1 cm³/mol. The molecule has 0 aromatic heterocycles. The molecule has 4 nitrogen and oxygen atoms in total. The molecule has 0 radical (unpaired) electrons. The number of aliphatic imine (C=N–C) groups is 1. The standard InChI is InChI=1S/C6H12N4/c1-2-8-6-5(7-1)9-3-4-10-6/h5,7,9H,1-4H2,(H,8,10). The van der Waals surface area contributed by atoms with Gasteiger partial charge in [-0.15, -0.1) is 0 Å². The molecule has 2 aliphatic rings. The SMILES string of the molecule is C1CNC2NCCNC2=N1. The van der Waals surface area contributed by atoms with E-state index >= 15 is 0 Å². The third-order valence-corrected chi connectivity index (χ3v) is 1.80. The van der Waals surface area contributed by atoms with Crippen molar-refractivity contribution < 1.29 is 0 Å². The molecular weight excluding hydrogens is 128 g/mol. The monoisotopic (exact) mass is 140 g/mol. The minimum atomic E-state index is 0.294. The summed E-state index contributed by atoms with van der Waals surface area (Å²) in [6, 6.07) is 0. The van der Waals surface area contributed by atoms with E-state index in [1.807, 2.05) is 0 Å². The van der Waals surface area contributed by atoms with Crippen molar-refractivity contribution >= 4 is 5.84 Å². The van der Waals surface area contributed by atoms with E-state index in [9.17, 15) is 0 Å². The molecule has 0 aliphatic carbocycles. The summed E-state index contributed by atoms with van der Waals surface area (Å²) in [5.41, 5.74) is 0. The van der Waals surface area contributed by atoms with Gasteiger partial charge in [0, 0.05) is 19.6 Å². The molecule has 2 rings (SSSR count). The second-order valence-electron chi connectivity index (χ2n) is 2.53. The second kappa shape index (κ2) is 2.56. The van der Waals surface area contributed by atoms with E-state index < -0.39 is 0 Å². The number of fused-ring (bicyclic) bond motifs is 1. The number of amidine groups is 1. The first kappa shape index (κ1) is 6.12. The van der Waals surface area contributed by atoms with Crippen molar-refractivity contribution in [1.82, 2.24) is 16.0 Å². The Morgan fingerprint density at radius 2 is 2.10 bits per heavy atom. The van der Waals surface area contributed by atoms with Crippen molar-refractivity contribution in [2.45, 2.75) is 6.17 Å². The molecule has 3 N–H and O–H groups in total. The summed E-state index contributed by atoms with van der Waals surface area (Å²) < 4.78 is 0.